The third kappa shape index (κ3) is 9.53. The van der Waals surface area contributed by atoms with Crippen molar-refractivity contribution in [2.45, 2.75) is 98.6 Å². The van der Waals surface area contributed by atoms with Crippen LogP contribution >= 0.6 is 0 Å². The molecule has 0 heterocycles. The van der Waals surface area contributed by atoms with Crippen molar-refractivity contribution in [3.8, 4) is 11.5 Å². The Morgan fingerprint density at radius 3 is 1.97 bits per heavy atom. The monoisotopic (exact) mass is 549 g/mol. The Morgan fingerprint density at radius 1 is 0.923 bits per heavy atom. The molecular formula is C29H43NO9. The second kappa shape index (κ2) is 13.3. The van der Waals surface area contributed by atoms with Gasteiger partial charge in [-0.05, 0) is 90.8 Å². The fourth-order valence-electron chi connectivity index (χ4n) is 4.10. The highest BCUT2D eigenvalue weighted by atomic mass is 16.7. The van der Waals surface area contributed by atoms with Crippen molar-refractivity contribution in [1.29, 1.82) is 0 Å². The number of ether oxygens (including phenoxy) is 4. The molecule has 1 saturated carbocycles. The van der Waals surface area contributed by atoms with E-state index in [1.54, 1.807) is 54.5 Å². The van der Waals surface area contributed by atoms with Crippen LogP contribution in [0.3, 0.4) is 0 Å². The molecule has 0 amide bonds. The first-order valence-electron chi connectivity index (χ1n) is 13.4. The number of hydrogen-bond acceptors (Lipinski definition) is 9. The standard InChI is InChI=1S/C29H43NO9/c1-17(16-36-27(35)37-19-11-9-8-10-12-19)22(23(30)24(31)32)18-13-14-20(38-25(33)28(2,3)4)21(15-18)39-26(34)29(5,6)7/h13-15,17,19,22-23H,8-12,16,30H2,1-7H3,(H,31,32)/t17?,22?,23-/m0/s1. The number of benzene rings is 1. The molecule has 1 aromatic carbocycles. The summed E-state index contributed by atoms with van der Waals surface area (Å²) in [6.45, 7) is 11.7. The Hall–Kier alpha value is -3.14. The van der Waals surface area contributed by atoms with Crippen molar-refractivity contribution in [3.05, 3.63) is 23.8 Å². The fraction of sp³-hybridized carbons (Fsp3) is 0.655. The second-order valence-corrected chi connectivity index (χ2v) is 12.3. The minimum atomic E-state index is -1.37. The maximum atomic E-state index is 12.7. The van der Waals surface area contributed by atoms with Gasteiger partial charge in [-0.25, -0.2) is 4.79 Å². The van der Waals surface area contributed by atoms with Gasteiger partial charge in [-0.3, -0.25) is 14.4 Å². The van der Waals surface area contributed by atoms with E-state index in [1.807, 2.05) is 0 Å². The maximum Gasteiger partial charge on any atom is 0.508 e. The van der Waals surface area contributed by atoms with Gasteiger partial charge in [0.05, 0.1) is 17.4 Å². The van der Waals surface area contributed by atoms with E-state index in [0.29, 0.717) is 5.56 Å². The minimum Gasteiger partial charge on any atom is -0.480 e. The predicted molar refractivity (Wildman–Crippen MR) is 143 cm³/mol. The molecule has 10 heteroatoms. The molecule has 0 bridgehead atoms. The highest BCUT2D eigenvalue weighted by molar-refractivity contribution is 5.81. The quantitative estimate of drug-likeness (QED) is 0.310. The highest BCUT2D eigenvalue weighted by Crippen LogP contribution is 2.37. The molecule has 0 aromatic heterocycles. The van der Waals surface area contributed by atoms with Crippen LogP contribution in [0.25, 0.3) is 0 Å². The molecule has 2 unspecified atom stereocenters. The first kappa shape index (κ1) is 32.1. The van der Waals surface area contributed by atoms with Gasteiger partial charge in [-0.2, -0.15) is 0 Å². The number of hydrogen-bond donors (Lipinski definition) is 2. The summed E-state index contributed by atoms with van der Waals surface area (Å²) in [5.74, 6) is -3.80. The Morgan fingerprint density at radius 2 is 1.46 bits per heavy atom. The molecule has 39 heavy (non-hydrogen) atoms. The van der Waals surface area contributed by atoms with Crippen LogP contribution in [-0.4, -0.2) is 47.9 Å². The number of esters is 2. The van der Waals surface area contributed by atoms with Gasteiger partial charge in [-0.15, -0.1) is 0 Å². The van der Waals surface area contributed by atoms with E-state index in [0.717, 1.165) is 32.1 Å². The molecule has 1 aliphatic rings. The molecule has 0 saturated heterocycles. The van der Waals surface area contributed by atoms with Crippen LogP contribution in [0.2, 0.25) is 0 Å². The molecule has 2 rings (SSSR count). The van der Waals surface area contributed by atoms with E-state index in [-0.39, 0.29) is 24.2 Å². The zero-order valence-corrected chi connectivity index (χ0v) is 24.1. The van der Waals surface area contributed by atoms with Crippen molar-refractivity contribution >= 4 is 24.1 Å². The zero-order chi connectivity index (χ0) is 29.5. The minimum absolute atomic E-state index is 0.0129. The smallest absolute Gasteiger partial charge is 0.480 e. The van der Waals surface area contributed by atoms with Crippen molar-refractivity contribution in [2.75, 3.05) is 6.61 Å². The van der Waals surface area contributed by atoms with Gasteiger partial charge < -0.3 is 29.8 Å². The Kier molecular flexibility index (Phi) is 10.9. The number of rotatable bonds is 9. The lowest BCUT2D eigenvalue weighted by atomic mass is 9.82. The molecule has 10 nitrogen and oxygen atoms in total. The number of aliphatic carboxylic acids is 1. The van der Waals surface area contributed by atoms with Gasteiger partial charge in [0.2, 0.25) is 0 Å². The molecule has 3 atom stereocenters. The highest BCUT2D eigenvalue weighted by Gasteiger charge is 2.34. The number of carboxylic acids is 1. The van der Waals surface area contributed by atoms with Gasteiger partial charge in [0.1, 0.15) is 12.1 Å². The van der Waals surface area contributed by atoms with Crippen LogP contribution in [0, 0.1) is 16.7 Å². The topological polar surface area (TPSA) is 151 Å². The molecule has 1 fully saturated rings. The zero-order valence-electron chi connectivity index (χ0n) is 24.1. The summed E-state index contributed by atoms with van der Waals surface area (Å²) < 4.78 is 21.9. The van der Waals surface area contributed by atoms with Crippen LogP contribution in [0.1, 0.15) is 92.1 Å². The summed E-state index contributed by atoms with van der Waals surface area (Å²) in [5, 5.41) is 9.73. The predicted octanol–water partition coefficient (Wildman–Crippen LogP) is 5.21. The normalized spacial score (nSPS) is 16.9. The van der Waals surface area contributed by atoms with Crippen LogP contribution in [0.15, 0.2) is 18.2 Å². The molecule has 0 radical (unpaired) electrons. The summed E-state index contributed by atoms with van der Waals surface area (Å²) in [5.41, 5.74) is 4.81. The summed E-state index contributed by atoms with van der Waals surface area (Å²) in [6, 6.07) is 3.08. The number of carboxylic acid groups (broad SMARTS) is 1. The van der Waals surface area contributed by atoms with Gasteiger partial charge >= 0.3 is 24.1 Å². The van der Waals surface area contributed by atoms with Gasteiger partial charge in [0.25, 0.3) is 0 Å². The average molecular weight is 550 g/mol. The fourth-order valence-corrected chi connectivity index (χ4v) is 4.10. The summed E-state index contributed by atoms with van der Waals surface area (Å²) in [7, 11) is 0. The molecule has 1 aliphatic carbocycles. The van der Waals surface area contributed by atoms with E-state index in [4.69, 9.17) is 24.7 Å². The molecule has 0 spiro atoms. The average Bonchev–Trinajstić information content (AvgIpc) is 2.83. The third-order valence-electron chi connectivity index (χ3n) is 6.55. The largest absolute Gasteiger partial charge is 0.508 e. The van der Waals surface area contributed by atoms with E-state index in [1.165, 1.54) is 12.1 Å². The molecule has 0 aliphatic heterocycles. The van der Waals surface area contributed by atoms with E-state index in [2.05, 4.69) is 0 Å². The summed E-state index contributed by atoms with van der Waals surface area (Å²) in [6.07, 6.45) is 3.70. The van der Waals surface area contributed by atoms with Crippen LogP contribution in [0.5, 0.6) is 11.5 Å². The van der Waals surface area contributed by atoms with Crippen molar-refractivity contribution < 1.29 is 43.2 Å². The first-order chi connectivity index (χ1) is 18.0. The van der Waals surface area contributed by atoms with Crippen LogP contribution in [-0.2, 0) is 23.9 Å². The first-order valence-corrected chi connectivity index (χ1v) is 13.4. The third-order valence-corrected chi connectivity index (χ3v) is 6.55. The van der Waals surface area contributed by atoms with Crippen molar-refractivity contribution in [3.63, 3.8) is 0 Å². The second-order valence-electron chi connectivity index (χ2n) is 12.3. The number of nitrogens with two attached hydrogens (primary N) is 1. The van der Waals surface area contributed by atoms with E-state index >= 15 is 0 Å². The SMILES string of the molecule is CC(COC(=O)OC1CCCCC1)C(c1ccc(OC(=O)C(C)(C)C)c(OC(=O)C(C)(C)C)c1)[C@H](N)C(=O)O. The summed E-state index contributed by atoms with van der Waals surface area (Å²) in [4.78, 5) is 49.5. The van der Waals surface area contributed by atoms with Crippen LogP contribution in [0.4, 0.5) is 4.79 Å². The van der Waals surface area contributed by atoms with Gasteiger partial charge in [0, 0.05) is 5.92 Å². The molecule has 218 valence electrons. The molecule has 1 aromatic rings. The Labute approximate surface area is 230 Å². The van der Waals surface area contributed by atoms with Crippen molar-refractivity contribution in [2.24, 2.45) is 22.5 Å². The van der Waals surface area contributed by atoms with E-state index < -0.39 is 52.8 Å². The lowest BCUT2D eigenvalue weighted by Gasteiger charge is -2.28. The lowest BCUT2D eigenvalue weighted by molar-refractivity contribution is -0.145. The lowest BCUT2D eigenvalue weighted by Crippen LogP contribution is -2.41. The molecule has 3 N–H and O–H groups in total. The van der Waals surface area contributed by atoms with Gasteiger partial charge in [-0.1, -0.05) is 19.4 Å². The molecular weight excluding hydrogens is 506 g/mol. The van der Waals surface area contributed by atoms with Gasteiger partial charge in [0.15, 0.2) is 11.5 Å². The van der Waals surface area contributed by atoms with E-state index in [9.17, 15) is 24.3 Å². The number of carbonyl (C=O) groups is 4. The Balaban J connectivity index is 2.34. The summed E-state index contributed by atoms with van der Waals surface area (Å²) >= 11 is 0. The van der Waals surface area contributed by atoms with Crippen LogP contribution < -0.4 is 15.2 Å². The Bertz CT molecular complexity index is 1030. The number of carbonyl (C=O) groups excluding carboxylic acids is 3. The maximum absolute atomic E-state index is 12.7. The van der Waals surface area contributed by atoms with Crippen molar-refractivity contribution in [1.82, 2.24) is 0 Å².